The summed E-state index contributed by atoms with van der Waals surface area (Å²) in [5.41, 5.74) is 7.05. The van der Waals surface area contributed by atoms with E-state index in [1.165, 1.54) is 0 Å². The van der Waals surface area contributed by atoms with Crippen LogP contribution in [0, 0.1) is 0 Å². The maximum atomic E-state index is 5.63. The van der Waals surface area contributed by atoms with Crippen LogP contribution in [-0.4, -0.2) is 25.2 Å². The molecule has 8 heteroatoms. The standard InChI is InChI=1S/C12H11BrN6O/c13-10-4-2-1-3-9(10)12-17-16-11(20-12)7-19-6-8(5-14)15-18-19/h1-4,6H,5,7,14H2. The van der Waals surface area contributed by atoms with Crippen molar-refractivity contribution >= 4 is 15.9 Å². The second-order valence-electron chi connectivity index (χ2n) is 4.09. The van der Waals surface area contributed by atoms with Gasteiger partial charge in [0.05, 0.1) is 17.5 Å². The van der Waals surface area contributed by atoms with E-state index in [0.717, 1.165) is 15.7 Å². The van der Waals surface area contributed by atoms with Gasteiger partial charge in [0.25, 0.3) is 0 Å². The minimum Gasteiger partial charge on any atom is -0.419 e. The molecular weight excluding hydrogens is 324 g/mol. The first kappa shape index (κ1) is 12.9. The lowest BCUT2D eigenvalue weighted by molar-refractivity contribution is 0.469. The monoisotopic (exact) mass is 334 g/mol. The molecule has 0 bridgehead atoms. The van der Waals surface area contributed by atoms with Gasteiger partial charge in [-0.15, -0.1) is 15.3 Å². The van der Waals surface area contributed by atoms with Crippen molar-refractivity contribution in [2.24, 2.45) is 5.73 Å². The van der Waals surface area contributed by atoms with Crippen LogP contribution in [0.5, 0.6) is 0 Å². The third kappa shape index (κ3) is 2.61. The molecule has 0 aliphatic heterocycles. The Morgan fingerprint density at radius 3 is 2.80 bits per heavy atom. The average molecular weight is 335 g/mol. The number of rotatable bonds is 4. The minimum absolute atomic E-state index is 0.353. The summed E-state index contributed by atoms with van der Waals surface area (Å²) in [6.45, 7) is 0.719. The molecule has 102 valence electrons. The first-order valence-electron chi connectivity index (χ1n) is 5.92. The van der Waals surface area contributed by atoms with Crippen molar-refractivity contribution in [3.63, 3.8) is 0 Å². The average Bonchev–Trinajstić information content (AvgIpc) is 3.09. The van der Waals surface area contributed by atoms with E-state index in [1.807, 2.05) is 24.3 Å². The molecule has 0 spiro atoms. The van der Waals surface area contributed by atoms with Crippen LogP contribution < -0.4 is 5.73 Å². The van der Waals surface area contributed by atoms with Gasteiger partial charge in [0.1, 0.15) is 6.54 Å². The van der Waals surface area contributed by atoms with Crippen LogP contribution in [-0.2, 0) is 13.1 Å². The molecule has 3 aromatic rings. The summed E-state index contributed by atoms with van der Waals surface area (Å²) >= 11 is 3.45. The normalized spacial score (nSPS) is 10.9. The second-order valence-corrected chi connectivity index (χ2v) is 4.95. The summed E-state index contributed by atoms with van der Waals surface area (Å²) in [6.07, 6.45) is 1.75. The van der Waals surface area contributed by atoms with E-state index in [0.29, 0.717) is 24.9 Å². The highest BCUT2D eigenvalue weighted by Crippen LogP contribution is 2.26. The molecular formula is C12H11BrN6O. The van der Waals surface area contributed by atoms with Crippen molar-refractivity contribution in [3.05, 3.63) is 46.5 Å². The zero-order valence-corrected chi connectivity index (χ0v) is 12.0. The third-order valence-electron chi connectivity index (χ3n) is 2.66. The Kier molecular flexibility index (Phi) is 3.57. The molecule has 3 rings (SSSR count). The first-order chi connectivity index (χ1) is 9.76. The smallest absolute Gasteiger partial charge is 0.248 e. The van der Waals surface area contributed by atoms with Crippen molar-refractivity contribution in [2.45, 2.75) is 13.1 Å². The first-order valence-corrected chi connectivity index (χ1v) is 6.72. The molecule has 0 unspecified atom stereocenters. The number of hydrogen-bond acceptors (Lipinski definition) is 6. The maximum Gasteiger partial charge on any atom is 0.248 e. The third-order valence-corrected chi connectivity index (χ3v) is 3.36. The molecule has 0 saturated carbocycles. The molecule has 0 atom stereocenters. The summed E-state index contributed by atoms with van der Waals surface area (Å²) in [5, 5.41) is 15.9. The number of nitrogens with zero attached hydrogens (tertiary/aromatic N) is 5. The van der Waals surface area contributed by atoms with E-state index in [1.54, 1.807) is 10.9 Å². The fraction of sp³-hybridized carbons (Fsp3) is 0.167. The van der Waals surface area contributed by atoms with Gasteiger partial charge in [0, 0.05) is 11.0 Å². The Balaban J connectivity index is 1.82. The van der Waals surface area contributed by atoms with Gasteiger partial charge >= 0.3 is 0 Å². The summed E-state index contributed by atoms with van der Waals surface area (Å²) in [4.78, 5) is 0. The van der Waals surface area contributed by atoms with Gasteiger partial charge in [-0.25, -0.2) is 4.68 Å². The van der Waals surface area contributed by atoms with Crippen molar-refractivity contribution < 1.29 is 4.42 Å². The molecule has 20 heavy (non-hydrogen) atoms. The Morgan fingerprint density at radius 2 is 2.05 bits per heavy atom. The second kappa shape index (κ2) is 5.51. The van der Waals surface area contributed by atoms with Crippen LogP contribution in [0.1, 0.15) is 11.6 Å². The van der Waals surface area contributed by atoms with Crippen molar-refractivity contribution in [1.82, 2.24) is 25.2 Å². The van der Waals surface area contributed by atoms with E-state index in [9.17, 15) is 0 Å². The van der Waals surface area contributed by atoms with E-state index >= 15 is 0 Å². The molecule has 0 fully saturated rings. The molecule has 0 aliphatic rings. The van der Waals surface area contributed by atoms with Gasteiger partial charge in [-0.3, -0.25) is 0 Å². The highest BCUT2D eigenvalue weighted by molar-refractivity contribution is 9.10. The van der Waals surface area contributed by atoms with Crippen molar-refractivity contribution in [2.75, 3.05) is 0 Å². The van der Waals surface area contributed by atoms with Crippen LogP contribution in [0.25, 0.3) is 11.5 Å². The van der Waals surface area contributed by atoms with Gasteiger partial charge in [0.2, 0.25) is 11.8 Å². The fourth-order valence-electron chi connectivity index (χ4n) is 1.71. The van der Waals surface area contributed by atoms with Crippen LogP contribution in [0.4, 0.5) is 0 Å². The zero-order chi connectivity index (χ0) is 13.9. The van der Waals surface area contributed by atoms with Crippen molar-refractivity contribution in [3.8, 4) is 11.5 Å². The quantitative estimate of drug-likeness (QED) is 0.778. The zero-order valence-electron chi connectivity index (χ0n) is 10.4. The number of nitrogens with two attached hydrogens (primary N) is 1. The van der Waals surface area contributed by atoms with E-state index in [4.69, 9.17) is 10.2 Å². The van der Waals surface area contributed by atoms with Gasteiger partial charge in [-0.1, -0.05) is 17.3 Å². The molecule has 1 aromatic carbocycles. The number of aromatic nitrogens is 5. The number of hydrogen-bond donors (Lipinski definition) is 1. The molecule has 2 aromatic heterocycles. The van der Waals surface area contributed by atoms with Crippen LogP contribution in [0.2, 0.25) is 0 Å². The Bertz CT molecular complexity index is 722. The Morgan fingerprint density at radius 1 is 1.20 bits per heavy atom. The fourth-order valence-corrected chi connectivity index (χ4v) is 2.16. The molecule has 0 aliphatic carbocycles. The SMILES string of the molecule is NCc1cn(Cc2nnc(-c3ccccc3Br)o2)nn1. The summed E-state index contributed by atoms with van der Waals surface area (Å²) in [6, 6.07) is 7.66. The summed E-state index contributed by atoms with van der Waals surface area (Å²) in [5.74, 6) is 0.927. The van der Waals surface area contributed by atoms with Gasteiger partial charge in [0.15, 0.2) is 0 Å². The Labute approximate surface area is 122 Å². The van der Waals surface area contributed by atoms with Gasteiger partial charge < -0.3 is 10.2 Å². The van der Waals surface area contributed by atoms with Crippen LogP contribution >= 0.6 is 15.9 Å². The molecule has 0 amide bonds. The minimum atomic E-state index is 0.353. The highest BCUT2D eigenvalue weighted by atomic mass is 79.9. The molecule has 2 heterocycles. The van der Waals surface area contributed by atoms with E-state index in [-0.39, 0.29) is 0 Å². The van der Waals surface area contributed by atoms with Crippen LogP contribution in [0.3, 0.4) is 0 Å². The van der Waals surface area contributed by atoms with Gasteiger partial charge in [-0.2, -0.15) is 0 Å². The van der Waals surface area contributed by atoms with Crippen LogP contribution in [0.15, 0.2) is 39.4 Å². The molecule has 0 radical (unpaired) electrons. The number of halogens is 1. The highest BCUT2D eigenvalue weighted by Gasteiger charge is 2.12. The Hall–Kier alpha value is -2.06. The lowest BCUT2D eigenvalue weighted by Crippen LogP contribution is -2.00. The van der Waals surface area contributed by atoms with Gasteiger partial charge in [-0.05, 0) is 28.1 Å². The molecule has 7 nitrogen and oxygen atoms in total. The predicted molar refractivity (Wildman–Crippen MR) is 74.4 cm³/mol. The maximum absolute atomic E-state index is 5.63. The van der Waals surface area contributed by atoms with E-state index < -0.39 is 0 Å². The summed E-state index contributed by atoms with van der Waals surface area (Å²) in [7, 11) is 0. The van der Waals surface area contributed by atoms with Crippen molar-refractivity contribution in [1.29, 1.82) is 0 Å². The lowest BCUT2D eigenvalue weighted by atomic mass is 10.2. The predicted octanol–water partition coefficient (Wildman–Crippen LogP) is 1.60. The largest absolute Gasteiger partial charge is 0.419 e. The topological polar surface area (TPSA) is 95.7 Å². The molecule has 0 saturated heterocycles. The lowest BCUT2D eigenvalue weighted by Gasteiger charge is -1.97. The number of benzene rings is 1. The molecule has 2 N–H and O–H groups in total. The summed E-state index contributed by atoms with van der Waals surface area (Å²) < 4.78 is 8.14. The van der Waals surface area contributed by atoms with E-state index in [2.05, 4.69) is 36.4 Å².